The maximum absolute atomic E-state index is 12.6. The van der Waals surface area contributed by atoms with E-state index in [1.165, 1.54) is 11.0 Å². The van der Waals surface area contributed by atoms with E-state index in [0.29, 0.717) is 11.4 Å². The molecule has 1 aromatic carbocycles. The minimum absolute atomic E-state index is 0.00876. The lowest BCUT2D eigenvalue weighted by Gasteiger charge is -2.23. The first-order valence-corrected chi connectivity index (χ1v) is 12.1. The molecule has 0 fully saturated rings. The summed E-state index contributed by atoms with van der Waals surface area (Å²) in [6, 6.07) is 5.97. The second-order valence-electron chi connectivity index (χ2n) is 10.1. The van der Waals surface area contributed by atoms with Crippen molar-refractivity contribution in [2.24, 2.45) is 11.3 Å². The molecule has 3 N–H and O–H groups in total. The highest BCUT2D eigenvalue weighted by Gasteiger charge is 2.26. The van der Waals surface area contributed by atoms with E-state index in [1.54, 1.807) is 65.0 Å². The molecule has 0 bridgehead atoms. The van der Waals surface area contributed by atoms with Crippen molar-refractivity contribution in [3.05, 3.63) is 54.3 Å². The first-order chi connectivity index (χ1) is 17.3. The van der Waals surface area contributed by atoms with Crippen LogP contribution in [0.25, 0.3) is 0 Å². The molecule has 10 heteroatoms. The predicted octanol–water partition coefficient (Wildman–Crippen LogP) is 2.27. The molecule has 1 atom stereocenters. The van der Waals surface area contributed by atoms with Gasteiger partial charge in [0, 0.05) is 30.4 Å². The molecule has 200 valence electrons. The van der Waals surface area contributed by atoms with Gasteiger partial charge in [0.25, 0.3) is 5.91 Å². The summed E-state index contributed by atoms with van der Waals surface area (Å²) in [6.07, 6.45) is 2.97. The molecule has 4 amide bonds. The number of hydrogen-bond acceptors (Lipinski definition) is 6. The smallest absolute Gasteiger partial charge is 0.311 e. The Kier molecular flexibility index (Phi) is 10.2. The van der Waals surface area contributed by atoms with Crippen LogP contribution in [0.15, 0.2) is 48.7 Å². The second kappa shape index (κ2) is 12.8. The van der Waals surface area contributed by atoms with E-state index in [2.05, 4.69) is 22.5 Å². The second-order valence-corrected chi connectivity index (χ2v) is 10.1. The molecule has 0 aliphatic carbocycles. The average molecular weight is 513 g/mol. The van der Waals surface area contributed by atoms with Gasteiger partial charge in [-0.05, 0) is 50.5 Å². The molecule has 2 rings (SSSR count). The number of nitrogens with one attached hydrogen (secondary N) is 3. The van der Waals surface area contributed by atoms with Gasteiger partial charge in [0.15, 0.2) is 0 Å². The fraction of sp³-hybridized carbons (Fsp3) is 0.444. The highest BCUT2D eigenvalue weighted by atomic mass is 16.5. The van der Waals surface area contributed by atoms with Crippen LogP contribution in [0.2, 0.25) is 0 Å². The molecule has 1 aromatic rings. The standard InChI is InChI=1S/C27H36N4O6/c1-17(2)24(30-21(32)13-14-31-18(3)7-12-23(31)34)25(35)28-15-22(33)29-20-10-8-19(9-11-20)16-37-26(36)27(4,5)6/h7-12,17,24H,3,13-16H2,1-2,4-6H3,(H,28,35)(H,29,33)(H,30,32)/t24-/m0/s1. The molecule has 0 spiro atoms. The average Bonchev–Trinajstić information content (AvgIpc) is 3.15. The number of esters is 1. The Balaban J connectivity index is 1.79. The van der Waals surface area contributed by atoms with Crippen LogP contribution in [0.5, 0.6) is 0 Å². The normalized spacial score (nSPS) is 13.9. The fourth-order valence-corrected chi connectivity index (χ4v) is 3.27. The third-order valence-corrected chi connectivity index (χ3v) is 5.50. The summed E-state index contributed by atoms with van der Waals surface area (Å²) in [5.74, 6) is -2.08. The number of anilines is 1. The Hall–Kier alpha value is -3.95. The monoisotopic (exact) mass is 512 g/mol. The summed E-state index contributed by atoms with van der Waals surface area (Å²) in [4.78, 5) is 62.4. The maximum Gasteiger partial charge on any atom is 0.311 e. The highest BCUT2D eigenvalue weighted by Crippen LogP contribution is 2.17. The number of carbonyl (C=O) groups is 5. The van der Waals surface area contributed by atoms with Gasteiger partial charge in [-0.2, -0.15) is 0 Å². The van der Waals surface area contributed by atoms with Gasteiger partial charge >= 0.3 is 5.97 Å². The molecule has 1 aliphatic heterocycles. The van der Waals surface area contributed by atoms with Crippen molar-refractivity contribution in [2.75, 3.05) is 18.4 Å². The Labute approximate surface area is 217 Å². The number of allylic oxidation sites excluding steroid dienone is 1. The Bertz CT molecular complexity index is 1050. The van der Waals surface area contributed by atoms with Crippen molar-refractivity contribution in [2.45, 2.75) is 53.7 Å². The minimum atomic E-state index is -0.842. The molecule has 10 nitrogen and oxygen atoms in total. The van der Waals surface area contributed by atoms with Crippen molar-refractivity contribution >= 4 is 35.3 Å². The van der Waals surface area contributed by atoms with E-state index in [1.807, 2.05) is 0 Å². The van der Waals surface area contributed by atoms with Gasteiger partial charge < -0.3 is 25.6 Å². The zero-order valence-electron chi connectivity index (χ0n) is 22.1. The van der Waals surface area contributed by atoms with Crippen molar-refractivity contribution < 1.29 is 28.7 Å². The van der Waals surface area contributed by atoms with Gasteiger partial charge in [0.2, 0.25) is 17.7 Å². The summed E-state index contributed by atoms with van der Waals surface area (Å²) in [6.45, 7) is 12.6. The largest absolute Gasteiger partial charge is 0.460 e. The summed E-state index contributed by atoms with van der Waals surface area (Å²) >= 11 is 0. The zero-order chi connectivity index (χ0) is 27.8. The third-order valence-electron chi connectivity index (χ3n) is 5.50. The number of nitrogens with zero attached hydrogens (tertiary/aromatic N) is 1. The highest BCUT2D eigenvalue weighted by molar-refractivity contribution is 5.96. The molecular weight excluding hydrogens is 476 g/mol. The van der Waals surface area contributed by atoms with Crippen LogP contribution < -0.4 is 16.0 Å². The van der Waals surface area contributed by atoms with Gasteiger partial charge in [-0.25, -0.2) is 0 Å². The molecule has 0 aromatic heterocycles. The van der Waals surface area contributed by atoms with Crippen LogP contribution in [0.3, 0.4) is 0 Å². The lowest BCUT2D eigenvalue weighted by molar-refractivity contribution is -0.154. The molecule has 0 radical (unpaired) electrons. The van der Waals surface area contributed by atoms with Crippen LogP contribution >= 0.6 is 0 Å². The number of carbonyl (C=O) groups excluding carboxylic acids is 5. The van der Waals surface area contributed by atoms with Gasteiger partial charge in [-0.15, -0.1) is 0 Å². The number of benzene rings is 1. The minimum Gasteiger partial charge on any atom is -0.460 e. The third kappa shape index (κ3) is 9.21. The number of rotatable bonds is 11. The van der Waals surface area contributed by atoms with E-state index in [4.69, 9.17) is 4.74 Å². The quantitative estimate of drug-likeness (QED) is 0.390. The van der Waals surface area contributed by atoms with Crippen molar-refractivity contribution in [1.82, 2.24) is 15.5 Å². The molecule has 0 unspecified atom stereocenters. The molecule has 1 aliphatic rings. The Morgan fingerprint density at radius 1 is 1.03 bits per heavy atom. The Morgan fingerprint density at radius 2 is 1.68 bits per heavy atom. The van der Waals surface area contributed by atoms with Crippen molar-refractivity contribution in [3.63, 3.8) is 0 Å². The first-order valence-electron chi connectivity index (χ1n) is 12.1. The lowest BCUT2D eigenvalue weighted by atomic mass is 9.97. The first kappa shape index (κ1) is 29.3. The van der Waals surface area contributed by atoms with Crippen molar-refractivity contribution in [1.29, 1.82) is 0 Å². The SMILES string of the molecule is C=C1C=CC(=O)N1CCC(=O)N[C@H](C(=O)NCC(=O)Nc1ccc(COC(=O)C(C)(C)C)cc1)C(C)C. The van der Waals surface area contributed by atoms with Gasteiger partial charge in [-0.1, -0.05) is 32.6 Å². The molecule has 0 saturated carbocycles. The number of hydrogen-bond donors (Lipinski definition) is 3. The summed E-state index contributed by atoms with van der Waals surface area (Å²) in [5.41, 5.74) is 1.22. The lowest BCUT2D eigenvalue weighted by Crippen LogP contribution is -2.51. The number of amides is 4. The number of ether oxygens (including phenoxy) is 1. The molecule has 37 heavy (non-hydrogen) atoms. The molecule has 1 heterocycles. The van der Waals surface area contributed by atoms with Gasteiger partial charge in [0.1, 0.15) is 12.6 Å². The van der Waals surface area contributed by atoms with Gasteiger partial charge in [0.05, 0.1) is 12.0 Å². The van der Waals surface area contributed by atoms with E-state index in [9.17, 15) is 24.0 Å². The van der Waals surface area contributed by atoms with Crippen LogP contribution in [0.1, 0.15) is 46.6 Å². The maximum atomic E-state index is 12.6. The van der Waals surface area contributed by atoms with Gasteiger partial charge in [-0.3, -0.25) is 24.0 Å². The summed E-state index contributed by atoms with van der Waals surface area (Å²) in [7, 11) is 0. The Morgan fingerprint density at radius 3 is 2.22 bits per heavy atom. The summed E-state index contributed by atoms with van der Waals surface area (Å²) in [5, 5.41) is 7.90. The van der Waals surface area contributed by atoms with E-state index >= 15 is 0 Å². The molecular formula is C27H36N4O6. The zero-order valence-corrected chi connectivity index (χ0v) is 22.1. The fourth-order valence-electron chi connectivity index (χ4n) is 3.27. The molecule has 0 saturated heterocycles. The predicted molar refractivity (Wildman–Crippen MR) is 139 cm³/mol. The van der Waals surface area contributed by atoms with E-state index < -0.39 is 23.3 Å². The van der Waals surface area contributed by atoms with E-state index in [-0.39, 0.29) is 49.8 Å². The van der Waals surface area contributed by atoms with E-state index in [0.717, 1.165) is 5.56 Å². The van der Waals surface area contributed by atoms with Crippen LogP contribution in [-0.4, -0.2) is 53.6 Å². The van der Waals surface area contributed by atoms with Crippen LogP contribution in [-0.2, 0) is 35.3 Å². The topological polar surface area (TPSA) is 134 Å². The van der Waals surface area contributed by atoms with Crippen LogP contribution in [0, 0.1) is 11.3 Å². The van der Waals surface area contributed by atoms with Crippen molar-refractivity contribution in [3.8, 4) is 0 Å². The summed E-state index contributed by atoms with van der Waals surface area (Å²) < 4.78 is 5.27. The van der Waals surface area contributed by atoms with Crippen LogP contribution in [0.4, 0.5) is 5.69 Å².